The van der Waals surface area contributed by atoms with E-state index >= 15 is 0 Å². The van der Waals surface area contributed by atoms with Crippen molar-refractivity contribution in [3.05, 3.63) is 89.7 Å². The van der Waals surface area contributed by atoms with E-state index in [0.717, 1.165) is 22.6 Å². The Morgan fingerprint density at radius 1 is 1.00 bits per heavy atom. The topological polar surface area (TPSA) is 54.5 Å². The van der Waals surface area contributed by atoms with Gasteiger partial charge in [-0.15, -0.1) is 0 Å². The number of nitrogens with one attached hydrogen (secondary N) is 1. The lowest BCUT2D eigenvalue weighted by Gasteiger charge is -2.17. The third kappa shape index (κ3) is 5.07. The van der Waals surface area contributed by atoms with Crippen molar-refractivity contribution in [2.24, 2.45) is 0 Å². The molecule has 0 saturated heterocycles. The number of pyridine rings is 1. The van der Waals surface area contributed by atoms with Crippen LogP contribution in [0.5, 0.6) is 5.75 Å². The standard InChI is InChI=1S/C22H23N3O2/c1-25(16-18-6-4-3-5-7-18)22(26)21-13-10-19(15-24-21)23-14-17-8-11-20(27-2)12-9-17/h3-13,15,23H,14,16H2,1-2H3. The predicted octanol–water partition coefficient (Wildman–Crippen LogP) is 3.97. The van der Waals surface area contributed by atoms with Crippen molar-refractivity contribution in [1.82, 2.24) is 9.88 Å². The van der Waals surface area contributed by atoms with Crippen LogP contribution >= 0.6 is 0 Å². The van der Waals surface area contributed by atoms with Crippen molar-refractivity contribution in [1.29, 1.82) is 0 Å². The summed E-state index contributed by atoms with van der Waals surface area (Å²) in [5.41, 5.74) is 3.53. The molecule has 5 nitrogen and oxygen atoms in total. The normalized spacial score (nSPS) is 10.3. The molecule has 3 rings (SSSR count). The van der Waals surface area contributed by atoms with Gasteiger partial charge in [0, 0.05) is 20.1 Å². The van der Waals surface area contributed by atoms with E-state index in [1.807, 2.05) is 60.7 Å². The maximum atomic E-state index is 12.5. The minimum atomic E-state index is -0.0967. The van der Waals surface area contributed by atoms with Gasteiger partial charge in [0.25, 0.3) is 5.91 Å². The summed E-state index contributed by atoms with van der Waals surface area (Å²) in [6, 6.07) is 21.4. The zero-order valence-electron chi connectivity index (χ0n) is 15.6. The van der Waals surface area contributed by atoms with Crippen LogP contribution in [0.15, 0.2) is 72.9 Å². The number of ether oxygens (including phenoxy) is 1. The van der Waals surface area contributed by atoms with Crippen LogP contribution in [0, 0.1) is 0 Å². The molecule has 0 unspecified atom stereocenters. The summed E-state index contributed by atoms with van der Waals surface area (Å²) in [7, 11) is 3.44. The number of anilines is 1. The van der Waals surface area contributed by atoms with Crippen molar-refractivity contribution in [2.45, 2.75) is 13.1 Å². The fraction of sp³-hybridized carbons (Fsp3) is 0.182. The molecule has 0 aliphatic heterocycles. The number of aromatic nitrogens is 1. The van der Waals surface area contributed by atoms with Crippen LogP contribution in [0.3, 0.4) is 0 Å². The molecule has 2 aromatic carbocycles. The van der Waals surface area contributed by atoms with Crippen LogP contribution in [0.1, 0.15) is 21.6 Å². The van der Waals surface area contributed by atoms with Crippen LogP contribution in [-0.2, 0) is 13.1 Å². The average molecular weight is 361 g/mol. The van der Waals surface area contributed by atoms with Gasteiger partial charge in [-0.3, -0.25) is 4.79 Å². The van der Waals surface area contributed by atoms with Crippen molar-refractivity contribution in [3.63, 3.8) is 0 Å². The number of hydrogen-bond donors (Lipinski definition) is 1. The quantitative estimate of drug-likeness (QED) is 0.692. The van der Waals surface area contributed by atoms with Crippen molar-refractivity contribution >= 4 is 11.6 Å². The summed E-state index contributed by atoms with van der Waals surface area (Å²) in [5, 5.41) is 3.31. The van der Waals surface area contributed by atoms with Gasteiger partial charge < -0.3 is 15.0 Å². The lowest BCUT2D eigenvalue weighted by Crippen LogP contribution is -2.26. The number of methoxy groups -OCH3 is 1. The Morgan fingerprint density at radius 2 is 1.74 bits per heavy atom. The Morgan fingerprint density at radius 3 is 2.37 bits per heavy atom. The third-order valence-corrected chi connectivity index (χ3v) is 4.25. The molecule has 0 atom stereocenters. The minimum absolute atomic E-state index is 0.0967. The molecule has 0 aliphatic rings. The van der Waals surface area contributed by atoms with E-state index in [4.69, 9.17) is 4.74 Å². The molecular formula is C22H23N3O2. The Balaban J connectivity index is 1.56. The van der Waals surface area contributed by atoms with Gasteiger partial charge in [-0.2, -0.15) is 0 Å². The number of carbonyl (C=O) groups excluding carboxylic acids is 1. The van der Waals surface area contributed by atoms with Crippen LogP contribution in [0.4, 0.5) is 5.69 Å². The van der Waals surface area contributed by atoms with E-state index in [1.165, 1.54) is 0 Å². The van der Waals surface area contributed by atoms with Crippen molar-refractivity contribution in [2.75, 3.05) is 19.5 Å². The number of hydrogen-bond acceptors (Lipinski definition) is 4. The Bertz CT molecular complexity index is 862. The molecule has 1 N–H and O–H groups in total. The lowest BCUT2D eigenvalue weighted by molar-refractivity contribution is 0.0779. The molecule has 3 aromatic rings. The molecule has 0 saturated carbocycles. The van der Waals surface area contributed by atoms with E-state index in [9.17, 15) is 4.79 Å². The highest BCUT2D eigenvalue weighted by Gasteiger charge is 2.13. The molecule has 27 heavy (non-hydrogen) atoms. The number of amides is 1. The van der Waals surface area contributed by atoms with Gasteiger partial charge in [-0.05, 0) is 35.4 Å². The summed E-state index contributed by atoms with van der Waals surface area (Å²) in [6.45, 7) is 1.23. The van der Waals surface area contributed by atoms with Crippen LogP contribution < -0.4 is 10.1 Å². The smallest absolute Gasteiger partial charge is 0.272 e. The maximum Gasteiger partial charge on any atom is 0.272 e. The highest BCUT2D eigenvalue weighted by Crippen LogP contribution is 2.14. The first-order valence-electron chi connectivity index (χ1n) is 8.78. The summed E-state index contributed by atoms with van der Waals surface area (Å²) in [5.74, 6) is 0.739. The molecule has 0 bridgehead atoms. The highest BCUT2D eigenvalue weighted by atomic mass is 16.5. The summed E-state index contributed by atoms with van der Waals surface area (Å²) in [4.78, 5) is 18.5. The third-order valence-electron chi connectivity index (χ3n) is 4.25. The lowest BCUT2D eigenvalue weighted by atomic mass is 10.2. The molecule has 0 spiro atoms. The zero-order chi connectivity index (χ0) is 19.1. The van der Waals surface area contributed by atoms with E-state index in [2.05, 4.69) is 10.3 Å². The number of rotatable bonds is 7. The molecule has 0 aliphatic carbocycles. The molecule has 1 aromatic heterocycles. The van der Waals surface area contributed by atoms with Gasteiger partial charge in [-0.25, -0.2) is 4.98 Å². The van der Waals surface area contributed by atoms with E-state index in [1.54, 1.807) is 31.3 Å². The SMILES string of the molecule is COc1ccc(CNc2ccc(C(=O)N(C)Cc3ccccc3)nc2)cc1. The second-order valence-electron chi connectivity index (χ2n) is 6.28. The monoisotopic (exact) mass is 361 g/mol. The number of carbonyl (C=O) groups is 1. The first kappa shape index (κ1) is 18.5. The van der Waals surface area contributed by atoms with Gasteiger partial charge >= 0.3 is 0 Å². The first-order chi connectivity index (χ1) is 13.2. The molecule has 1 heterocycles. The molecule has 1 amide bonds. The fourth-order valence-electron chi connectivity index (χ4n) is 2.70. The summed E-state index contributed by atoms with van der Waals surface area (Å²) >= 11 is 0. The van der Waals surface area contributed by atoms with Gasteiger partial charge in [-0.1, -0.05) is 42.5 Å². The predicted molar refractivity (Wildman–Crippen MR) is 107 cm³/mol. The average Bonchev–Trinajstić information content (AvgIpc) is 2.73. The minimum Gasteiger partial charge on any atom is -0.497 e. The van der Waals surface area contributed by atoms with E-state index in [-0.39, 0.29) is 5.91 Å². The Kier molecular flexibility index (Phi) is 6.05. The van der Waals surface area contributed by atoms with Crippen LogP contribution in [0.25, 0.3) is 0 Å². The van der Waals surface area contributed by atoms with E-state index in [0.29, 0.717) is 18.8 Å². The van der Waals surface area contributed by atoms with Gasteiger partial charge in [0.05, 0.1) is 19.0 Å². The summed E-state index contributed by atoms with van der Waals surface area (Å²) < 4.78 is 5.16. The van der Waals surface area contributed by atoms with Crippen molar-refractivity contribution in [3.8, 4) is 5.75 Å². The number of nitrogens with zero attached hydrogens (tertiary/aromatic N) is 2. The molecule has 0 fully saturated rings. The largest absolute Gasteiger partial charge is 0.497 e. The maximum absolute atomic E-state index is 12.5. The summed E-state index contributed by atoms with van der Waals surface area (Å²) in [6.07, 6.45) is 1.69. The number of benzene rings is 2. The first-order valence-corrected chi connectivity index (χ1v) is 8.78. The molecular weight excluding hydrogens is 338 g/mol. The van der Waals surface area contributed by atoms with Gasteiger partial charge in [0.15, 0.2) is 0 Å². The highest BCUT2D eigenvalue weighted by molar-refractivity contribution is 5.92. The van der Waals surface area contributed by atoms with Gasteiger partial charge in [0.2, 0.25) is 0 Å². The van der Waals surface area contributed by atoms with Crippen LogP contribution in [-0.4, -0.2) is 29.9 Å². The second kappa shape index (κ2) is 8.85. The Labute approximate surface area is 159 Å². The Hall–Kier alpha value is -3.34. The van der Waals surface area contributed by atoms with Gasteiger partial charge in [0.1, 0.15) is 11.4 Å². The van der Waals surface area contributed by atoms with Crippen molar-refractivity contribution < 1.29 is 9.53 Å². The zero-order valence-corrected chi connectivity index (χ0v) is 15.6. The van der Waals surface area contributed by atoms with Crippen LogP contribution in [0.2, 0.25) is 0 Å². The second-order valence-corrected chi connectivity index (χ2v) is 6.28. The molecule has 138 valence electrons. The fourth-order valence-corrected chi connectivity index (χ4v) is 2.70. The van der Waals surface area contributed by atoms with E-state index < -0.39 is 0 Å². The molecule has 5 heteroatoms. The molecule has 0 radical (unpaired) electrons.